The van der Waals surface area contributed by atoms with Gasteiger partial charge in [0.05, 0.1) is 18.0 Å². The zero-order valence-corrected chi connectivity index (χ0v) is 17.7. The first kappa shape index (κ1) is 23.5. The largest absolute Gasteiger partial charge is 0.511 e. The number of carbonyl (C=O) groups excluding carboxylic acids is 1. The normalized spacial score (nSPS) is 14.8. The Morgan fingerprint density at radius 2 is 1.55 bits per heavy atom. The molecule has 166 valence electrons. The zero-order chi connectivity index (χ0) is 23.1. The summed E-state index contributed by atoms with van der Waals surface area (Å²) in [6, 6.07) is 6.88. The molecule has 9 heteroatoms. The third-order valence-corrected chi connectivity index (χ3v) is 4.59. The first-order chi connectivity index (χ1) is 14.7. The summed E-state index contributed by atoms with van der Waals surface area (Å²) in [6.45, 7) is 6.97. The third kappa shape index (κ3) is 5.65. The van der Waals surface area contributed by atoms with E-state index in [1.807, 2.05) is 6.92 Å². The summed E-state index contributed by atoms with van der Waals surface area (Å²) in [6.07, 6.45) is -1.06. The zero-order valence-electron chi connectivity index (χ0n) is 17.7. The first-order valence-electron chi connectivity index (χ1n) is 9.66. The van der Waals surface area contributed by atoms with Gasteiger partial charge in [-0.3, -0.25) is 0 Å². The van der Waals surface area contributed by atoms with Gasteiger partial charge in [-0.25, -0.2) is 14.4 Å². The summed E-state index contributed by atoms with van der Waals surface area (Å²) >= 11 is 0. The molecular formula is C22H25NO8. The highest BCUT2D eigenvalue weighted by atomic mass is 16.7. The maximum Gasteiger partial charge on any atom is 0.511 e. The smallest absolute Gasteiger partial charge is 0.463 e. The minimum atomic E-state index is -1.55. The fourth-order valence-electron chi connectivity index (χ4n) is 3.32. The Balaban J connectivity index is 2.71. The van der Waals surface area contributed by atoms with Crippen molar-refractivity contribution in [2.45, 2.75) is 40.0 Å². The van der Waals surface area contributed by atoms with Gasteiger partial charge in [0, 0.05) is 5.57 Å². The van der Waals surface area contributed by atoms with E-state index in [0.29, 0.717) is 34.5 Å². The van der Waals surface area contributed by atoms with Crippen molar-refractivity contribution in [2.24, 2.45) is 0 Å². The number of esters is 1. The van der Waals surface area contributed by atoms with Crippen molar-refractivity contribution in [1.82, 2.24) is 5.32 Å². The van der Waals surface area contributed by atoms with Gasteiger partial charge in [-0.15, -0.1) is 0 Å². The Kier molecular flexibility index (Phi) is 7.84. The molecule has 2 rings (SSSR count). The topological polar surface area (TPSA) is 131 Å². The monoisotopic (exact) mass is 431 g/mol. The van der Waals surface area contributed by atoms with Crippen LogP contribution in [0.5, 0.6) is 0 Å². The number of hydrogen-bond donors (Lipinski definition) is 3. The Labute approximate surface area is 179 Å². The molecule has 0 radical (unpaired) electrons. The van der Waals surface area contributed by atoms with E-state index in [2.05, 4.69) is 5.32 Å². The number of nitrogens with one attached hydrogen (secondary N) is 1. The fraction of sp³-hybridized carbons (Fsp3) is 0.318. The fourth-order valence-corrected chi connectivity index (χ4v) is 3.32. The number of allylic oxidation sites excluding steroid dienone is 2. The molecule has 3 N–H and O–H groups in total. The third-order valence-electron chi connectivity index (χ3n) is 4.59. The molecule has 1 aliphatic rings. The second-order valence-corrected chi connectivity index (χ2v) is 6.64. The molecule has 0 bridgehead atoms. The Morgan fingerprint density at radius 3 is 2.03 bits per heavy atom. The van der Waals surface area contributed by atoms with E-state index < -0.39 is 24.2 Å². The molecule has 31 heavy (non-hydrogen) atoms. The minimum absolute atomic E-state index is 0.0237. The molecule has 0 amide bonds. The van der Waals surface area contributed by atoms with Gasteiger partial charge in [-0.2, -0.15) is 0 Å². The van der Waals surface area contributed by atoms with Crippen molar-refractivity contribution in [3.63, 3.8) is 0 Å². The number of carboxylic acid groups (broad SMARTS) is 2. The number of dihydropyridines is 1. The molecule has 0 saturated heterocycles. The Morgan fingerprint density at radius 1 is 1.00 bits per heavy atom. The van der Waals surface area contributed by atoms with Crippen LogP contribution in [0, 0.1) is 0 Å². The van der Waals surface area contributed by atoms with Gasteiger partial charge in [0.25, 0.3) is 0 Å². The Hall–Kier alpha value is -3.75. The lowest BCUT2D eigenvalue weighted by molar-refractivity contribution is -0.138. The van der Waals surface area contributed by atoms with Gasteiger partial charge in [0.2, 0.25) is 0 Å². The van der Waals surface area contributed by atoms with Crippen LogP contribution >= 0.6 is 0 Å². The maximum absolute atomic E-state index is 12.3. The van der Waals surface area contributed by atoms with Crippen LogP contribution in [0.2, 0.25) is 0 Å². The molecule has 0 saturated carbocycles. The van der Waals surface area contributed by atoms with Crippen molar-refractivity contribution in [3.05, 3.63) is 63.9 Å². The maximum atomic E-state index is 12.3. The van der Waals surface area contributed by atoms with E-state index in [1.165, 1.54) is 0 Å². The molecular weight excluding hydrogens is 406 g/mol. The van der Waals surface area contributed by atoms with Crippen LogP contribution in [0.1, 0.15) is 51.2 Å². The predicted octanol–water partition coefficient (Wildman–Crippen LogP) is 4.58. The lowest BCUT2D eigenvalue weighted by Gasteiger charge is -2.30. The van der Waals surface area contributed by atoms with Gasteiger partial charge in [0.1, 0.15) is 17.4 Å². The van der Waals surface area contributed by atoms with Gasteiger partial charge in [0.15, 0.2) is 0 Å². The van der Waals surface area contributed by atoms with Crippen molar-refractivity contribution < 1.29 is 38.8 Å². The molecule has 1 aromatic carbocycles. The highest BCUT2D eigenvalue weighted by Gasteiger charge is 2.36. The number of hydrogen-bond acceptors (Lipinski definition) is 7. The van der Waals surface area contributed by atoms with Gasteiger partial charge in [-0.1, -0.05) is 31.2 Å². The second-order valence-electron chi connectivity index (χ2n) is 6.64. The number of rotatable bonds is 7. The molecule has 0 aliphatic carbocycles. The van der Waals surface area contributed by atoms with Gasteiger partial charge >= 0.3 is 18.3 Å². The number of ether oxygens (including phenoxy) is 3. The summed E-state index contributed by atoms with van der Waals surface area (Å²) < 4.78 is 15.1. The van der Waals surface area contributed by atoms with Crippen molar-refractivity contribution in [2.75, 3.05) is 6.61 Å². The molecule has 0 fully saturated rings. The van der Waals surface area contributed by atoms with E-state index >= 15 is 0 Å². The van der Waals surface area contributed by atoms with Crippen LogP contribution in [-0.4, -0.2) is 35.1 Å². The van der Waals surface area contributed by atoms with E-state index in [0.717, 1.165) is 0 Å². The number of benzene rings is 1. The molecule has 1 aromatic rings. The van der Waals surface area contributed by atoms with Crippen molar-refractivity contribution in [1.29, 1.82) is 0 Å². The Bertz CT molecular complexity index is 935. The summed E-state index contributed by atoms with van der Waals surface area (Å²) in [5, 5.41) is 21.4. The van der Waals surface area contributed by atoms with Crippen molar-refractivity contribution >= 4 is 24.4 Å². The van der Waals surface area contributed by atoms with Gasteiger partial charge < -0.3 is 29.7 Å². The van der Waals surface area contributed by atoms with Crippen LogP contribution in [0.3, 0.4) is 0 Å². The van der Waals surface area contributed by atoms with Crippen molar-refractivity contribution in [3.8, 4) is 0 Å². The highest BCUT2D eigenvalue weighted by molar-refractivity contribution is 5.94. The summed E-state index contributed by atoms with van der Waals surface area (Å²) in [5.74, 6) is -1.48. The van der Waals surface area contributed by atoms with Crippen LogP contribution < -0.4 is 5.32 Å². The quantitative estimate of drug-likeness (QED) is 0.322. The molecule has 9 nitrogen and oxygen atoms in total. The lowest BCUT2D eigenvalue weighted by Crippen LogP contribution is -2.29. The second kappa shape index (κ2) is 10.3. The average molecular weight is 431 g/mol. The molecule has 0 atom stereocenters. The highest BCUT2D eigenvalue weighted by Crippen LogP contribution is 2.41. The summed E-state index contributed by atoms with van der Waals surface area (Å²) in [4.78, 5) is 34.9. The van der Waals surface area contributed by atoms with Crippen LogP contribution in [0.4, 0.5) is 9.59 Å². The van der Waals surface area contributed by atoms with E-state index in [1.54, 1.807) is 51.1 Å². The van der Waals surface area contributed by atoms with Crippen LogP contribution in [0.15, 0.2) is 52.8 Å². The SMILES string of the molecule is CCOC(=O)C(=Cc1ccccc1C1C(OC(=O)O)=C(C)NC(C)=C1OC(=O)O)CC. The van der Waals surface area contributed by atoms with Crippen LogP contribution in [0.25, 0.3) is 6.08 Å². The summed E-state index contributed by atoms with van der Waals surface area (Å²) in [7, 11) is 0. The van der Waals surface area contributed by atoms with E-state index in [-0.39, 0.29) is 18.1 Å². The molecule has 0 unspecified atom stereocenters. The molecule has 0 spiro atoms. The standard InChI is InChI=1S/C22H25NO8/c1-5-14(20(24)29-6-2)11-15-9-7-8-10-16(15)17-18(30-21(25)26)12(3)23-13(4)19(17)31-22(27)28/h7-11,17,23H,5-6H2,1-4H3,(H,25,26)(H,27,28). The predicted molar refractivity (Wildman–Crippen MR) is 111 cm³/mol. The first-order valence-corrected chi connectivity index (χ1v) is 9.66. The lowest BCUT2D eigenvalue weighted by atomic mass is 9.86. The molecule has 1 heterocycles. The van der Waals surface area contributed by atoms with Gasteiger partial charge in [-0.05, 0) is 44.4 Å². The molecule has 0 aromatic heterocycles. The summed E-state index contributed by atoms with van der Waals surface area (Å²) in [5.41, 5.74) is 2.26. The van der Waals surface area contributed by atoms with E-state index in [4.69, 9.17) is 14.2 Å². The molecule has 1 aliphatic heterocycles. The van der Waals surface area contributed by atoms with E-state index in [9.17, 15) is 24.6 Å². The number of carbonyl (C=O) groups is 3. The average Bonchev–Trinajstić information content (AvgIpc) is 2.70. The van der Waals surface area contributed by atoms with Crippen LogP contribution in [-0.2, 0) is 19.0 Å². The minimum Gasteiger partial charge on any atom is -0.463 e.